The molecule has 0 aliphatic heterocycles. The quantitative estimate of drug-likeness (QED) is 0.384. The van der Waals surface area contributed by atoms with Crippen molar-refractivity contribution in [3.05, 3.63) is 81.0 Å². The molecule has 0 amide bonds. The maximum atomic E-state index is 13.0. The second-order valence-electron chi connectivity index (χ2n) is 6.13. The first-order valence-electron chi connectivity index (χ1n) is 8.90. The Balaban J connectivity index is 1.78. The third kappa shape index (κ3) is 4.98. The smallest absolute Gasteiger partial charge is 0.338 e. The van der Waals surface area contributed by atoms with Crippen molar-refractivity contribution < 1.29 is 23.3 Å². The van der Waals surface area contributed by atoms with Crippen LogP contribution in [-0.4, -0.2) is 16.7 Å². The van der Waals surface area contributed by atoms with Gasteiger partial charge < -0.3 is 14.0 Å². The number of hydrogen-bond acceptors (Lipinski definition) is 6. The molecule has 0 N–H and O–H groups in total. The summed E-state index contributed by atoms with van der Waals surface area (Å²) in [5.41, 5.74) is 1.62. The molecule has 8 heteroatoms. The van der Waals surface area contributed by atoms with Gasteiger partial charge in [-0.3, -0.25) is 10.1 Å². The van der Waals surface area contributed by atoms with Gasteiger partial charge in [-0.1, -0.05) is 29.4 Å². The van der Waals surface area contributed by atoms with Crippen molar-refractivity contribution in [3.8, 4) is 11.5 Å². The molecular formula is C21H19FN2O5. The summed E-state index contributed by atoms with van der Waals surface area (Å²) >= 11 is 0. The van der Waals surface area contributed by atoms with Crippen LogP contribution in [0.3, 0.4) is 0 Å². The van der Waals surface area contributed by atoms with Gasteiger partial charge in [-0.15, -0.1) is 0 Å². The Morgan fingerprint density at radius 2 is 1.90 bits per heavy atom. The molecule has 0 saturated heterocycles. The molecule has 0 unspecified atom stereocenters. The molecule has 0 fully saturated rings. The van der Waals surface area contributed by atoms with Crippen LogP contribution in [0.1, 0.15) is 29.5 Å². The van der Waals surface area contributed by atoms with E-state index in [0.717, 1.165) is 11.1 Å². The van der Waals surface area contributed by atoms with E-state index < -0.39 is 4.92 Å². The topological polar surface area (TPSA) is 87.6 Å². The molecule has 150 valence electrons. The molecule has 0 atom stereocenters. The SMILES string of the molecule is CCOc1cc(/C=C/c2onc(C)c2[N+](=O)[O-])ccc1OCc1ccc(F)cc1. The van der Waals surface area contributed by atoms with Crippen LogP contribution < -0.4 is 9.47 Å². The zero-order valence-corrected chi connectivity index (χ0v) is 15.9. The number of hydrogen-bond donors (Lipinski definition) is 0. The average Bonchev–Trinajstić information content (AvgIpc) is 3.08. The van der Waals surface area contributed by atoms with Crippen molar-refractivity contribution >= 4 is 17.8 Å². The van der Waals surface area contributed by atoms with Gasteiger partial charge >= 0.3 is 5.69 Å². The van der Waals surface area contributed by atoms with Crippen molar-refractivity contribution in [1.82, 2.24) is 5.16 Å². The molecule has 0 aliphatic rings. The van der Waals surface area contributed by atoms with E-state index in [2.05, 4.69) is 5.16 Å². The zero-order valence-electron chi connectivity index (χ0n) is 15.9. The summed E-state index contributed by atoms with van der Waals surface area (Å²) in [7, 11) is 0. The fraction of sp³-hybridized carbons (Fsp3) is 0.190. The molecule has 1 heterocycles. The molecule has 0 spiro atoms. The highest BCUT2D eigenvalue weighted by molar-refractivity contribution is 5.72. The van der Waals surface area contributed by atoms with Gasteiger partial charge in [0.15, 0.2) is 17.2 Å². The molecule has 3 rings (SSSR count). The van der Waals surface area contributed by atoms with Crippen LogP contribution >= 0.6 is 0 Å². The van der Waals surface area contributed by atoms with E-state index in [1.807, 2.05) is 6.92 Å². The number of aryl methyl sites for hydroxylation is 1. The van der Waals surface area contributed by atoms with Gasteiger partial charge in [-0.2, -0.15) is 0 Å². The van der Waals surface area contributed by atoms with E-state index in [-0.39, 0.29) is 29.6 Å². The molecule has 2 aromatic carbocycles. The molecule has 7 nitrogen and oxygen atoms in total. The van der Waals surface area contributed by atoms with E-state index in [4.69, 9.17) is 14.0 Å². The molecule has 0 bridgehead atoms. The van der Waals surface area contributed by atoms with Crippen molar-refractivity contribution in [2.24, 2.45) is 0 Å². The summed E-state index contributed by atoms with van der Waals surface area (Å²) in [6.45, 7) is 4.07. The van der Waals surface area contributed by atoms with Gasteiger partial charge in [-0.25, -0.2) is 4.39 Å². The summed E-state index contributed by atoms with van der Waals surface area (Å²) in [5.74, 6) is 0.832. The Bertz CT molecular complexity index is 1030. The Labute approximate surface area is 166 Å². The standard InChI is InChI=1S/C21H19FN2O5/c1-3-27-20-12-15(7-11-19-21(24(25)26)14(2)23-29-19)6-10-18(20)28-13-16-4-8-17(22)9-5-16/h4-12H,3,13H2,1-2H3/b11-7+. The van der Waals surface area contributed by atoms with Crippen molar-refractivity contribution in [1.29, 1.82) is 0 Å². The second kappa shape index (κ2) is 9.01. The van der Waals surface area contributed by atoms with E-state index >= 15 is 0 Å². The minimum Gasteiger partial charge on any atom is -0.490 e. The number of ether oxygens (including phenoxy) is 2. The van der Waals surface area contributed by atoms with Gasteiger partial charge in [-0.05, 0) is 55.3 Å². The Morgan fingerprint density at radius 3 is 2.59 bits per heavy atom. The van der Waals surface area contributed by atoms with Crippen molar-refractivity contribution in [3.63, 3.8) is 0 Å². The summed E-state index contributed by atoms with van der Waals surface area (Å²) in [6.07, 6.45) is 3.15. The van der Waals surface area contributed by atoms with Crippen LogP contribution in [-0.2, 0) is 6.61 Å². The molecule has 0 radical (unpaired) electrons. The third-order valence-electron chi connectivity index (χ3n) is 4.04. The van der Waals surface area contributed by atoms with Crippen LogP contribution in [0.15, 0.2) is 47.0 Å². The van der Waals surface area contributed by atoms with Gasteiger partial charge in [0.05, 0.1) is 11.5 Å². The highest BCUT2D eigenvalue weighted by Gasteiger charge is 2.21. The molecule has 1 aromatic heterocycles. The van der Waals surface area contributed by atoms with E-state index in [1.54, 1.807) is 36.4 Å². The number of benzene rings is 2. The van der Waals surface area contributed by atoms with E-state index in [0.29, 0.717) is 18.1 Å². The summed E-state index contributed by atoms with van der Waals surface area (Å²) in [4.78, 5) is 10.6. The first-order valence-corrected chi connectivity index (χ1v) is 8.90. The van der Waals surface area contributed by atoms with E-state index in [1.165, 1.54) is 25.1 Å². The predicted octanol–water partition coefficient (Wildman–Crippen LogP) is 5.18. The fourth-order valence-electron chi connectivity index (χ4n) is 2.64. The first-order chi connectivity index (χ1) is 14.0. The Hall–Kier alpha value is -3.68. The Kier molecular flexibility index (Phi) is 6.23. The van der Waals surface area contributed by atoms with Gasteiger partial charge in [0.25, 0.3) is 0 Å². The molecule has 0 saturated carbocycles. The third-order valence-corrected chi connectivity index (χ3v) is 4.04. The van der Waals surface area contributed by atoms with Crippen LogP contribution in [0, 0.1) is 22.9 Å². The number of nitro groups is 1. The normalized spacial score (nSPS) is 11.0. The number of halogens is 1. The second-order valence-corrected chi connectivity index (χ2v) is 6.13. The summed E-state index contributed by atoms with van der Waals surface area (Å²) < 4.78 is 29.5. The molecular weight excluding hydrogens is 379 g/mol. The first kappa shape index (κ1) is 20.1. The maximum Gasteiger partial charge on any atom is 0.338 e. The van der Waals surface area contributed by atoms with Crippen LogP contribution in [0.5, 0.6) is 11.5 Å². The van der Waals surface area contributed by atoms with Gasteiger partial charge in [0.2, 0.25) is 5.76 Å². The summed E-state index contributed by atoms with van der Waals surface area (Å²) in [5, 5.41) is 14.8. The fourth-order valence-corrected chi connectivity index (χ4v) is 2.64. The number of aromatic nitrogens is 1. The average molecular weight is 398 g/mol. The highest BCUT2D eigenvalue weighted by atomic mass is 19.1. The maximum absolute atomic E-state index is 13.0. The lowest BCUT2D eigenvalue weighted by atomic mass is 10.1. The predicted molar refractivity (Wildman–Crippen MR) is 105 cm³/mol. The monoisotopic (exact) mass is 398 g/mol. The Morgan fingerprint density at radius 1 is 1.14 bits per heavy atom. The zero-order chi connectivity index (χ0) is 20.8. The molecule has 29 heavy (non-hydrogen) atoms. The largest absolute Gasteiger partial charge is 0.490 e. The lowest BCUT2D eigenvalue weighted by Gasteiger charge is -2.12. The minimum absolute atomic E-state index is 0.0714. The van der Waals surface area contributed by atoms with Gasteiger partial charge in [0.1, 0.15) is 12.4 Å². The molecule has 0 aliphatic carbocycles. The van der Waals surface area contributed by atoms with Crippen LogP contribution in [0.25, 0.3) is 12.2 Å². The molecule has 3 aromatic rings. The number of rotatable bonds is 8. The lowest BCUT2D eigenvalue weighted by Crippen LogP contribution is -2.00. The summed E-state index contributed by atoms with van der Waals surface area (Å²) in [6, 6.07) is 11.3. The number of nitrogens with zero attached hydrogens (tertiary/aromatic N) is 2. The van der Waals surface area contributed by atoms with Crippen LogP contribution in [0.2, 0.25) is 0 Å². The minimum atomic E-state index is -0.524. The van der Waals surface area contributed by atoms with Crippen LogP contribution in [0.4, 0.5) is 10.1 Å². The van der Waals surface area contributed by atoms with Gasteiger partial charge in [0, 0.05) is 0 Å². The highest BCUT2D eigenvalue weighted by Crippen LogP contribution is 2.31. The van der Waals surface area contributed by atoms with Crippen molar-refractivity contribution in [2.75, 3.05) is 6.61 Å². The van der Waals surface area contributed by atoms with Crippen molar-refractivity contribution in [2.45, 2.75) is 20.5 Å². The van der Waals surface area contributed by atoms with E-state index in [9.17, 15) is 14.5 Å². The lowest BCUT2D eigenvalue weighted by molar-refractivity contribution is -0.386.